The molecule has 1 amide bonds. The lowest BCUT2D eigenvalue weighted by Gasteiger charge is -2.40. The first-order chi connectivity index (χ1) is 21.1. The number of carbonyl (C=O) groups is 1. The molecular weight excluding hydrogens is 572 g/mol. The maximum absolute atomic E-state index is 12.0. The van der Waals surface area contributed by atoms with Gasteiger partial charge in [-0.25, -0.2) is 4.79 Å². The SMILES string of the molecule is COc1cc(CCOC2CCCCC2N2CC[C@@H](O[Si](C)(C)C(C)(C)C)C2)ccc1OCCNC(=O)OCc1ccccc1. The van der Waals surface area contributed by atoms with Crippen molar-refractivity contribution in [2.24, 2.45) is 0 Å². The van der Waals surface area contributed by atoms with Gasteiger partial charge in [0.05, 0.1) is 32.5 Å². The zero-order valence-electron chi connectivity index (χ0n) is 27.7. The van der Waals surface area contributed by atoms with Gasteiger partial charge in [-0.1, -0.05) is 70.0 Å². The van der Waals surface area contributed by atoms with Crippen LogP contribution in [-0.4, -0.2) is 77.5 Å². The second kappa shape index (κ2) is 16.1. The lowest BCUT2D eigenvalue weighted by molar-refractivity contribution is -0.0313. The van der Waals surface area contributed by atoms with Crippen LogP contribution in [0.25, 0.3) is 0 Å². The van der Waals surface area contributed by atoms with Crippen LogP contribution in [-0.2, 0) is 26.9 Å². The van der Waals surface area contributed by atoms with E-state index in [4.69, 9.17) is 23.4 Å². The van der Waals surface area contributed by atoms with Gasteiger partial charge in [0.2, 0.25) is 0 Å². The number of amides is 1. The van der Waals surface area contributed by atoms with Crippen LogP contribution in [0.5, 0.6) is 11.5 Å². The van der Waals surface area contributed by atoms with Crippen LogP contribution in [0.15, 0.2) is 48.5 Å². The van der Waals surface area contributed by atoms with Crippen LogP contribution in [0.3, 0.4) is 0 Å². The van der Waals surface area contributed by atoms with E-state index in [0.717, 1.165) is 43.5 Å². The zero-order valence-corrected chi connectivity index (χ0v) is 28.7. The molecule has 1 saturated carbocycles. The molecule has 9 heteroatoms. The van der Waals surface area contributed by atoms with Crippen molar-refractivity contribution in [2.75, 3.05) is 40.0 Å². The smallest absolute Gasteiger partial charge is 0.407 e. The van der Waals surface area contributed by atoms with Crippen LogP contribution in [0.1, 0.15) is 64.0 Å². The van der Waals surface area contributed by atoms with Crippen LogP contribution in [0.2, 0.25) is 18.1 Å². The Hall–Kier alpha value is -2.59. The number of carbonyl (C=O) groups excluding carboxylic acids is 1. The normalized spacial score (nSPS) is 21.2. The number of methoxy groups -OCH3 is 1. The van der Waals surface area contributed by atoms with Gasteiger partial charge in [-0.15, -0.1) is 0 Å². The zero-order chi connectivity index (χ0) is 31.6. The number of hydrogen-bond donors (Lipinski definition) is 1. The second-order valence-electron chi connectivity index (χ2n) is 13.6. The molecule has 1 saturated heterocycles. The van der Waals surface area contributed by atoms with Crippen molar-refractivity contribution in [3.63, 3.8) is 0 Å². The van der Waals surface area contributed by atoms with Crippen molar-refractivity contribution in [3.05, 3.63) is 59.7 Å². The predicted octanol–water partition coefficient (Wildman–Crippen LogP) is 6.97. The topological polar surface area (TPSA) is 78.5 Å². The Labute approximate surface area is 265 Å². The average Bonchev–Trinajstić information content (AvgIpc) is 3.46. The Morgan fingerprint density at radius 3 is 2.50 bits per heavy atom. The van der Waals surface area contributed by atoms with E-state index in [9.17, 15) is 4.79 Å². The third-order valence-electron chi connectivity index (χ3n) is 9.37. The van der Waals surface area contributed by atoms with Crippen molar-refractivity contribution >= 4 is 14.4 Å². The Kier molecular flexibility index (Phi) is 12.6. The van der Waals surface area contributed by atoms with Gasteiger partial charge >= 0.3 is 6.09 Å². The third kappa shape index (κ3) is 9.96. The highest BCUT2D eigenvalue weighted by Crippen LogP contribution is 2.39. The van der Waals surface area contributed by atoms with Crippen molar-refractivity contribution in [1.82, 2.24) is 10.2 Å². The van der Waals surface area contributed by atoms with E-state index in [1.807, 2.05) is 42.5 Å². The van der Waals surface area contributed by atoms with E-state index in [2.05, 4.69) is 50.1 Å². The van der Waals surface area contributed by atoms with Gasteiger partial charge in [0.25, 0.3) is 0 Å². The number of rotatable bonds is 14. The molecular formula is C35H54N2O6Si. The number of alkyl carbamates (subject to hydrolysis) is 1. The van der Waals surface area contributed by atoms with Crippen molar-refractivity contribution in [1.29, 1.82) is 0 Å². The molecule has 0 bridgehead atoms. The molecule has 1 aliphatic carbocycles. The minimum absolute atomic E-state index is 0.235. The number of nitrogens with one attached hydrogen (secondary N) is 1. The first-order valence-electron chi connectivity index (χ1n) is 16.3. The number of nitrogens with zero attached hydrogens (tertiary/aromatic N) is 1. The van der Waals surface area contributed by atoms with Crippen molar-refractivity contribution in [2.45, 2.75) is 102 Å². The number of likely N-dealkylation sites (tertiary alicyclic amines) is 1. The minimum Gasteiger partial charge on any atom is -0.493 e. The Morgan fingerprint density at radius 2 is 1.75 bits per heavy atom. The molecule has 2 aromatic carbocycles. The molecule has 1 aliphatic heterocycles. The molecule has 3 atom stereocenters. The van der Waals surface area contributed by atoms with E-state index in [1.54, 1.807) is 7.11 Å². The van der Waals surface area contributed by atoms with Gasteiger partial charge in [0, 0.05) is 19.1 Å². The fourth-order valence-corrected chi connectivity index (χ4v) is 7.22. The molecule has 0 spiro atoms. The summed E-state index contributed by atoms with van der Waals surface area (Å²) in [6, 6.07) is 16.1. The highest BCUT2D eigenvalue weighted by Gasteiger charge is 2.42. The second-order valence-corrected chi connectivity index (χ2v) is 18.4. The van der Waals surface area contributed by atoms with Gasteiger partial charge in [0.15, 0.2) is 19.8 Å². The van der Waals surface area contributed by atoms with E-state index in [1.165, 1.54) is 19.3 Å². The summed E-state index contributed by atoms with van der Waals surface area (Å²) >= 11 is 0. The van der Waals surface area contributed by atoms with E-state index < -0.39 is 14.4 Å². The average molecular weight is 627 g/mol. The Balaban J connectivity index is 1.19. The molecule has 44 heavy (non-hydrogen) atoms. The number of ether oxygens (including phenoxy) is 4. The monoisotopic (exact) mass is 626 g/mol. The highest BCUT2D eigenvalue weighted by molar-refractivity contribution is 6.74. The standard InChI is InChI=1S/C35H54N2O6Si/c1-35(2,3)44(5,6)43-29-18-21-37(25-29)30-14-10-11-15-31(30)40-22-19-27-16-17-32(33(24-27)39-4)41-23-20-36-34(38)42-26-28-12-8-7-9-13-28/h7-9,12-13,16-17,24,29-31H,10-11,14-15,18-23,25-26H2,1-6H3,(H,36,38)/t29-,30?,31?/m1/s1. The van der Waals surface area contributed by atoms with Gasteiger partial charge < -0.3 is 28.7 Å². The fraction of sp³-hybridized carbons (Fsp3) is 0.629. The summed E-state index contributed by atoms with van der Waals surface area (Å²) in [5.41, 5.74) is 2.09. The van der Waals surface area contributed by atoms with Crippen LogP contribution >= 0.6 is 0 Å². The lowest BCUT2D eigenvalue weighted by Crippen LogP contribution is -2.48. The van der Waals surface area contributed by atoms with E-state index in [-0.39, 0.29) is 17.7 Å². The van der Waals surface area contributed by atoms with Crippen molar-refractivity contribution in [3.8, 4) is 11.5 Å². The fourth-order valence-electron chi connectivity index (χ4n) is 5.84. The van der Waals surface area contributed by atoms with E-state index in [0.29, 0.717) is 43.4 Å². The molecule has 244 valence electrons. The summed E-state index contributed by atoms with van der Waals surface area (Å²) in [7, 11) is -0.118. The summed E-state index contributed by atoms with van der Waals surface area (Å²) < 4.78 is 30.1. The molecule has 0 aromatic heterocycles. The molecule has 1 heterocycles. The third-order valence-corrected chi connectivity index (χ3v) is 13.9. The van der Waals surface area contributed by atoms with Crippen molar-refractivity contribution < 1.29 is 28.2 Å². The Morgan fingerprint density at radius 1 is 0.977 bits per heavy atom. The van der Waals surface area contributed by atoms with Gasteiger partial charge in [0.1, 0.15) is 13.2 Å². The molecule has 0 radical (unpaired) electrons. The predicted molar refractivity (Wildman–Crippen MR) is 177 cm³/mol. The Bertz CT molecular complexity index is 1170. The van der Waals surface area contributed by atoms with Gasteiger partial charge in [-0.05, 0) is 67.1 Å². The van der Waals surface area contributed by atoms with Crippen LogP contribution in [0.4, 0.5) is 4.79 Å². The molecule has 2 fully saturated rings. The quantitative estimate of drug-likeness (QED) is 0.179. The summed E-state index contributed by atoms with van der Waals surface area (Å²) in [4.78, 5) is 14.6. The molecule has 2 unspecified atom stereocenters. The summed E-state index contributed by atoms with van der Waals surface area (Å²) in [5, 5.41) is 2.96. The van der Waals surface area contributed by atoms with Crippen LogP contribution in [0, 0.1) is 0 Å². The summed E-state index contributed by atoms with van der Waals surface area (Å²) in [6.45, 7) is 15.4. The molecule has 1 N–H and O–H groups in total. The maximum atomic E-state index is 12.0. The molecule has 4 rings (SSSR count). The molecule has 8 nitrogen and oxygen atoms in total. The molecule has 2 aliphatic rings. The first kappa shape index (κ1) is 34.3. The number of benzene rings is 2. The van der Waals surface area contributed by atoms with E-state index >= 15 is 0 Å². The number of hydrogen-bond acceptors (Lipinski definition) is 7. The molecule has 2 aromatic rings. The largest absolute Gasteiger partial charge is 0.493 e. The first-order valence-corrected chi connectivity index (χ1v) is 19.2. The summed E-state index contributed by atoms with van der Waals surface area (Å²) in [6.07, 6.45) is 6.92. The summed E-state index contributed by atoms with van der Waals surface area (Å²) in [5.74, 6) is 1.32. The lowest BCUT2D eigenvalue weighted by atomic mass is 9.91. The minimum atomic E-state index is -1.76. The van der Waals surface area contributed by atoms with Gasteiger partial charge in [-0.3, -0.25) is 4.90 Å². The maximum Gasteiger partial charge on any atom is 0.407 e. The highest BCUT2D eigenvalue weighted by atomic mass is 28.4. The van der Waals surface area contributed by atoms with Crippen LogP contribution < -0.4 is 14.8 Å². The van der Waals surface area contributed by atoms with Gasteiger partial charge in [-0.2, -0.15) is 0 Å².